The van der Waals surface area contributed by atoms with Gasteiger partial charge in [-0.2, -0.15) is 0 Å². The minimum absolute atomic E-state index is 0.0849. The maximum absolute atomic E-state index is 12.8. The fraction of sp³-hybridized carbons (Fsp3) is 0.176. The fourth-order valence-corrected chi connectivity index (χ4v) is 2.86. The van der Waals surface area contributed by atoms with E-state index in [1.807, 2.05) is 0 Å². The molecular formula is C17H12F3N5O4. The van der Waals surface area contributed by atoms with Gasteiger partial charge >= 0.3 is 6.36 Å². The van der Waals surface area contributed by atoms with Gasteiger partial charge in [-0.1, -0.05) is 0 Å². The molecule has 0 spiro atoms. The van der Waals surface area contributed by atoms with Crippen molar-refractivity contribution in [1.82, 2.24) is 14.8 Å². The summed E-state index contributed by atoms with van der Waals surface area (Å²) in [4.78, 5) is 24.7. The van der Waals surface area contributed by atoms with Crippen molar-refractivity contribution >= 4 is 23.5 Å². The predicted octanol–water partition coefficient (Wildman–Crippen LogP) is 2.96. The first kappa shape index (κ1) is 18.5. The average Bonchev–Trinajstić information content (AvgIpc) is 3.30. The van der Waals surface area contributed by atoms with Crippen molar-refractivity contribution in [2.75, 3.05) is 10.6 Å². The van der Waals surface area contributed by atoms with Crippen LogP contribution in [0.1, 0.15) is 12.5 Å². The molecule has 1 unspecified atom stereocenters. The molecule has 0 radical (unpaired) electrons. The topological polar surface area (TPSA) is 111 Å². The Hall–Kier alpha value is -3.83. The van der Waals surface area contributed by atoms with E-state index >= 15 is 0 Å². The number of anilines is 2. The Bertz CT molecular complexity index is 1040. The third kappa shape index (κ3) is 3.90. The van der Waals surface area contributed by atoms with Gasteiger partial charge in [0, 0.05) is 5.69 Å². The van der Waals surface area contributed by atoms with Crippen LogP contribution in [0.5, 0.6) is 5.75 Å². The van der Waals surface area contributed by atoms with Gasteiger partial charge in [-0.25, -0.2) is 0 Å². The highest BCUT2D eigenvalue weighted by molar-refractivity contribution is 6.01. The number of furan rings is 1. The van der Waals surface area contributed by atoms with Crippen LogP contribution in [0.3, 0.4) is 0 Å². The van der Waals surface area contributed by atoms with Crippen LogP contribution in [0.2, 0.25) is 0 Å². The number of carbonyl (C=O) groups excluding carboxylic acids is 2. The number of aromatic nitrogens is 3. The summed E-state index contributed by atoms with van der Waals surface area (Å²) in [6.07, 6.45) is -3.56. The lowest BCUT2D eigenvalue weighted by Crippen LogP contribution is -2.35. The molecule has 9 nitrogen and oxygen atoms in total. The first-order chi connectivity index (χ1) is 13.8. The van der Waals surface area contributed by atoms with Crippen LogP contribution in [0.15, 0.2) is 47.1 Å². The molecule has 2 N–H and O–H groups in total. The molecule has 0 fully saturated rings. The maximum atomic E-state index is 12.8. The van der Waals surface area contributed by atoms with Gasteiger partial charge < -0.3 is 14.5 Å². The molecule has 3 heterocycles. The summed E-state index contributed by atoms with van der Waals surface area (Å²) in [5, 5.41) is 12.9. The van der Waals surface area contributed by atoms with Gasteiger partial charge in [-0.3, -0.25) is 19.5 Å². The first-order valence-corrected chi connectivity index (χ1v) is 8.25. The third-order valence-electron chi connectivity index (χ3n) is 4.04. The van der Waals surface area contributed by atoms with E-state index in [2.05, 4.69) is 25.6 Å². The highest BCUT2D eigenvalue weighted by atomic mass is 19.4. The number of halogens is 3. The van der Waals surface area contributed by atoms with E-state index in [1.54, 1.807) is 12.1 Å². The largest absolute Gasteiger partial charge is 0.573 e. The number of hydrogen-bond donors (Lipinski definition) is 2. The molecule has 1 aliphatic rings. The highest BCUT2D eigenvalue weighted by Crippen LogP contribution is 2.31. The quantitative estimate of drug-likeness (QED) is 0.688. The Balaban J connectivity index is 1.57. The molecule has 0 aliphatic carbocycles. The zero-order chi connectivity index (χ0) is 20.6. The second kappa shape index (κ2) is 6.96. The van der Waals surface area contributed by atoms with E-state index in [4.69, 9.17) is 4.42 Å². The van der Waals surface area contributed by atoms with Gasteiger partial charge in [0.25, 0.3) is 0 Å². The van der Waals surface area contributed by atoms with Crippen LogP contribution in [-0.2, 0) is 9.59 Å². The van der Waals surface area contributed by atoms with Crippen LogP contribution in [-0.4, -0.2) is 32.9 Å². The monoisotopic (exact) mass is 407 g/mol. The predicted molar refractivity (Wildman–Crippen MR) is 91.8 cm³/mol. The van der Waals surface area contributed by atoms with Gasteiger partial charge in [-0.15, -0.1) is 23.4 Å². The molecule has 1 aliphatic heterocycles. The zero-order valence-corrected chi connectivity index (χ0v) is 14.4. The van der Waals surface area contributed by atoms with Crippen LogP contribution < -0.4 is 15.4 Å². The normalized spacial score (nSPS) is 16.1. The van der Waals surface area contributed by atoms with E-state index in [-0.39, 0.29) is 23.9 Å². The number of fused-ring (bicyclic) bond motifs is 1. The van der Waals surface area contributed by atoms with E-state index < -0.39 is 30.0 Å². The van der Waals surface area contributed by atoms with Crippen molar-refractivity contribution in [2.45, 2.75) is 18.8 Å². The Morgan fingerprint density at radius 3 is 2.66 bits per heavy atom. The maximum Gasteiger partial charge on any atom is 0.573 e. The van der Waals surface area contributed by atoms with Gasteiger partial charge in [0.05, 0.1) is 12.7 Å². The van der Waals surface area contributed by atoms with Gasteiger partial charge in [-0.05, 0) is 36.4 Å². The zero-order valence-electron chi connectivity index (χ0n) is 14.4. The number of ether oxygens (including phenoxy) is 1. The molecule has 2 amide bonds. The SMILES string of the molecule is O=C1CC(C(=O)Nc2ccc(OC(F)(F)F)cc2)n2c(nnc2-c2ccco2)N1. The number of hydrogen-bond acceptors (Lipinski definition) is 6. The number of rotatable bonds is 4. The fourth-order valence-electron chi connectivity index (χ4n) is 2.86. The molecule has 0 saturated heterocycles. The molecule has 1 aromatic carbocycles. The second-order valence-corrected chi connectivity index (χ2v) is 6.02. The van der Waals surface area contributed by atoms with Crippen molar-refractivity contribution in [3.8, 4) is 17.3 Å². The van der Waals surface area contributed by atoms with Crippen molar-refractivity contribution in [1.29, 1.82) is 0 Å². The number of alkyl halides is 3. The molecule has 12 heteroatoms. The Labute approximate surface area is 160 Å². The molecule has 4 rings (SSSR count). The highest BCUT2D eigenvalue weighted by Gasteiger charge is 2.35. The van der Waals surface area contributed by atoms with Crippen molar-refractivity contribution < 1.29 is 31.9 Å². The van der Waals surface area contributed by atoms with E-state index in [0.717, 1.165) is 12.1 Å². The lowest BCUT2D eigenvalue weighted by atomic mass is 10.1. The first-order valence-electron chi connectivity index (χ1n) is 8.25. The summed E-state index contributed by atoms with van der Waals surface area (Å²) in [5.74, 6) is -0.732. The minimum atomic E-state index is -4.81. The Morgan fingerprint density at radius 1 is 1.24 bits per heavy atom. The third-order valence-corrected chi connectivity index (χ3v) is 4.04. The summed E-state index contributed by atoms with van der Waals surface area (Å²) in [5.41, 5.74) is 0.227. The van der Waals surface area contributed by atoms with Crippen LogP contribution in [0, 0.1) is 0 Å². The minimum Gasteiger partial charge on any atom is -0.461 e. The van der Waals surface area contributed by atoms with E-state index in [0.29, 0.717) is 5.76 Å². The summed E-state index contributed by atoms with van der Waals surface area (Å²) >= 11 is 0. The summed E-state index contributed by atoms with van der Waals surface area (Å²) in [6, 6.07) is 6.91. The van der Waals surface area contributed by atoms with Gasteiger partial charge in [0.15, 0.2) is 5.76 Å². The molecule has 0 bridgehead atoms. The molecule has 1 atom stereocenters. The molecule has 29 heavy (non-hydrogen) atoms. The number of nitrogens with one attached hydrogen (secondary N) is 2. The van der Waals surface area contributed by atoms with Crippen LogP contribution >= 0.6 is 0 Å². The molecule has 150 valence electrons. The number of benzene rings is 1. The van der Waals surface area contributed by atoms with Crippen LogP contribution in [0.25, 0.3) is 11.6 Å². The second-order valence-electron chi connectivity index (χ2n) is 6.02. The standard InChI is InChI=1S/C17H12F3N5O4/c18-17(19,20)29-10-5-3-9(4-6-10)21-15(27)11-8-13(26)22-16-24-23-14(25(11)16)12-2-1-7-28-12/h1-7,11H,8H2,(H,21,27)(H,22,24,26). The van der Waals surface area contributed by atoms with E-state index in [1.165, 1.54) is 23.0 Å². The lowest BCUT2D eigenvalue weighted by molar-refractivity contribution is -0.274. The number of nitrogens with zero attached hydrogens (tertiary/aromatic N) is 3. The summed E-state index contributed by atoms with van der Waals surface area (Å²) < 4.78 is 47.2. The smallest absolute Gasteiger partial charge is 0.461 e. The van der Waals surface area contributed by atoms with Gasteiger partial charge in [0.2, 0.25) is 23.6 Å². The molecular weight excluding hydrogens is 395 g/mol. The summed E-state index contributed by atoms with van der Waals surface area (Å²) in [7, 11) is 0. The average molecular weight is 407 g/mol. The molecule has 0 saturated carbocycles. The molecule has 2 aromatic heterocycles. The van der Waals surface area contributed by atoms with Crippen molar-refractivity contribution in [2.24, 2.45) is 0 Å². The van der Waals surface area contributed by atoms with Gasteiger partial charge in [0.1, 0.15) is 11.8 Å². The molecule has 3 aromatic rings. The summed E-state index contributed by atoms with van der Waals surface area (Å²) in [6.45, 7) is 0. The van der Waals surface area contributed by atoms with E-state index in [9.17, 15) is 22.8 Å². The van der Waals surface area contributed by atoms with Crippen molar-refractivity contribution in [3.63, 3.8) is 0 Å². The van der Waals surface area contributed by atoms with Crippen molar-refractivity contribution in [3.05, 3.63) is 42.7 Å². The lowest BCUT2D eigenvalue weighted by Gasteiger charge is -2.24. The Morgan fingerprint density at radius 2 is 2.00 bits per heavy atom. The van der Waals surface area contributed by atoms with Crippen LogP contribution in [0.4, 0.5) is 24.8 Å². The number of amides is 2. The Kier molecular flexibility index (Phi) is 4.45. The number of carbonyl (C=O) groups is 2.